The summed E-state index contributed by atoms with van der Waals surface area (Å²) in [5.74, 6) is 0.118. The van der Waals surface area contributed by atoms with Crippen LogP contribution in [0, 0.1) is 13.8 Å². The molecule has 3 rings (SSSR count). The fraction of sp³-hybridized carbons (Fsp3) is 0.765. The summed E-state index contributed by atoms with van der Waals surface area (Å²) < 4.78 is 5.35. The molecule has 0 aliphatic carbocycles. The smallest absolute Gasteiger partial charge is 0.223 e. The van der Waals surface area contributed by atoms with Crippen molar-refractivity contribution < 1.29 is 14.6 Å². The molecule has 0 saturated carbocycles. The molecule has 134 valence electrons. The number of H-pyrrole nitrogens is 1. The molecule has 1 atom stereocenters. The average molecular weight is 336 g/mol. The standard InChI is InChI=1S/C17H28N4O3/c1-13-15(14(2)19-18-13)3-4-16(22)21-6-5-17(23,12-21)11-20-7-9-24-10-8-20/h23H,3-12H2,1-2H3,(H,18,19). The molecule has 2 aliphatic heterocycles. The molecule has 1 unspecified atom stereocenters. The van der Waals surface area contributed by atoms with E-state index in [2.05, 4.69) is 15.1 Å². The molecular formula is C17H28N4O3. The molecule has 0 spiro atoms. The number of likely N-dealkylation sites (tertiary alicyclic amines) is 1. The third kappa shape index (κ3) is 3.96. The molecule has 1 amide bonds. The number of β-amino-alcohol motifs (C(OH)–C–C–N with tert-alkyl or cyclic N) is 1. The van der Waals surface area contributed by atoms with Crippen molar-refractivity contribution in [3.63, 3.8) is 0 Å². The summed E-state index contributed by atoms with van der Waals surface area (Å²) in [5, 5.41) is 17.9. The first-order valence-corrected chi connectivity index (χ1v) is 8.77. The Hall–Kier alpha value is -1.44. The van der Waals surface area contributed by atoms with Crippen LogP contribution in [-0.2, 0) is 16.0 Å². The summed E-state index contributed by atoms with van der Waals surface area (Å²) in [6.07, 6.45) is 1.82. The van der Waals surface area contributed by atoms with E-state index in [1.807, 2.05) is 18.7 Å². The summed E-state index contributed by atoms with van der Waals surface area (Å²) in [7, 11) is 0. The number of morpholine rings is 1. The van der Waals surface area contributed by atoms with Crippen LogP contribution in [0.4, 0.5) is 0 Å². The normalized spacial score (nSPS) is 25.4. The first kappa shape index (κ1) is 17.4. The van der Waals surface area contributed by atoms with Gasteiger partial charge in [-0.2, -0.15) is 5.10 Å². The second-order valence-corrected chi connectivity index (χ2v) is 7.09. The predicted octanol–water partition coefficient (Wildman–Crippen LogP) is 0.255. The highest BCUT2D eigenvalue weighted by Gasteiger charge is 2.39. The maximum atomic E-state index is 12.5. The second kappa shape index (κ2) is 7.21. The van der Waals surface area contributed by atoms with E-state index in [0.717, 1.165) is 43.3 Å². The molecule has 2 aliphatic rings. The van der Waals surface area contributed by atoms with E-state index in [1.54, 1.807) is 0 Å². The summed E-state index contributed by atoms with van der Waals surface area (Å²) >= 11 is 0. The van der Waals surface area contributed by atoms with Crippen LogP contribution in [0.25, 0.3) is 0 Å². The van der Waals surface area contributed by atoms with Gasteiger partial charge in [0.25, 0.3) is 0 Å². The number of hydrogen-bond acceptors (Lipinski definition) is 5. The van der Waals surface area contributed by atoms with Gasteiger partial charge in [0.2, 0.25) is 5.91 Å². The number of hydrogen-bond donors (Lipinski definition) is 2. The topological polar surface area (TPSA) is 81.7 Å². The van der Waals surface area contributed by atoms with Gasteiger partial charge in [0.15, 0.2) is 0 Å². The van der Waals surface area contributed by atoms with Gasteiger partial charge in [-0.3, -0.25) is 14.8 Å². The van der Waals surface area contributed by atoms with Crippen molar-refractivity contribution in [3.05, 3.63) is 17.0 Å². The molecule has 7 nitrogen and oxygen atoms in total. The lowest BCUT2D eigenvalue weighted by Gasteiger charge is -2.33. The molecule has 2 saturated heterocycles. The van der Waals surface area contributed by atoms with Crippen LogP contribution in [0.2, 0.25) is 0 Å². The quantitative estimate of drug-likeness (QED) is 0.806. The van der Waals surface area contributed by atoms with Crippen molar-refractivity contribution in [2.45, 2.75) is 38.7 Å². The number of rotatable bonds is 5. The predicted molar refractivity (Wildman–Crippen MR) is 89.8 cm³/mol. The van der Waals surface area contributed by atoms with Crippen molar-refractivity contribution in [2.75, 3.05) is 45.9 Å². The van der Waals surface area contributed by atoms with Crippen molar-refractivity contribution >= 4 is 5.91 Å². The number of aliphatic hydroxyl groups is 1. The second-order valence-electron chi connectivity index (χ2n) is 7.09. The SMILES string of the molecule is Cc1n[nH]c(C)c1CCC(=O)N1CCC(O)(CN2CCOCC2)C1. The van der Waals surface area contributed by atoms with Crippen molar-refractivity contribution in [1.82, 2.24) is 20.0 Å². The molecule has 0 radical (unpaired) electrons. The van der Waals surface area contributed by atoms with E-state index >= 15 is 0 Å². The number of aryl methyl sites for hydroxylation is 2. The van der Waals surface area contributed by atoms with E-state index in [9.17, 15) is 9.90 Å². The molecule has 2 fully saturated rings. The van der Waals surface area contributed by atoms with Gasteiger partial charge in [-0.05, 0) is 32.3 Å². The highest BCUT2D eigenvalue weighted by atomic mass is 16.5. The Morgan fingerprint density at radius 2 is 2.08 bits per heavy atom. The van der Waals surface area contributed by atoms with Crippen molar-refractivity contribution in [1.29, 1.82) is 0 Å². The van der Waals surface area contributed by atoms with E-state index in [0.29, 0.717) is 38.9 Å². The van der Waals surface area contributed by atoms with E-state index in [-0.39, 0.29) is 5.91 Å². The summed E-state index contributed by atoms with van der Waals surface area (Å²) in [4.78, 5) is 16.5. The fourth-order valence-electron chi connectivity index (χ4n) is 3.71. The zero-order valence-electron chi connectivity index (χ0n) is 14.7. The highest BCUT2D eigenvalue weighted by Crippen LogP contribution is 2.24. The molecule has 24 heavy (non-hydrogen) atoms. The Labute approximate surface area is 143 Å². The Morgan fingerprint density at radius 1 is 1.33 bits per heavy atom. The summed E-state index contributed by atoms with van der Waals surface area (Å²) in [5.41, 5.74) is 2.34. The first-order valence-electron chi connectivity index (χ1n) is 8.77. The first-order chi connectivity index (χ1) is 11.5. The van der Waals surface area contributed by atoms with Gasteiger partial charge >= 0.3 is 0 Å². The Bertz CT molecular complexity index is 563. The summed E-state index contributed by atoms with van der Waals surface area (Å²) in [6.45, 7) is 8.81. The van der Waals surface area contributed by atoms with Crippen LogP contribution >= 0.6 is 0 Å². The van der Waals surface area contributed by atoms with E-state index in [4.69, 9.17) is 4.74 Å². The van der Waals surface area contributed by atoms with Gasteiger partial charge < -0.3 is 14.7 Å². The average Bonchev–Trinajstić information content (AvgIpc) is 3.10. The van der Waals surface area contributed by atoms with E-state index < -0.39 is 5.60 Å². The Kier molecular flexibility index (Phi) is 5.22. The number of carbonyl (C=O) groups is 1. The van der Waals surface area contributed by atoms with Gasteiger partial charge in [-0.25, -0.2) is 0 Å². The zero-order valence-corrected chi connectivity index (χ0v) is 14.7. The van der Waals surface area contributed by atoms with Gasteiger partial charge in [0.1, 0.15) is 0 Å². The minimum Gasteiger partial charge on any atom is -0.387 e. The molecule has 7 heteroatoms. The zero-order chi connectivity index (χ0) is 17.2. The number of carbonyl (C=O) groups excluding carboxylic acids is 1. The number of aromatic amines is 1. The molecule has 2 N–H and O–H groups in total. The van der Waals surface area contributed by atoms with Gasteiger partial charge in [-0.1, -0.05) is 0 Å². The molecule has 1 aromatic heterocycles. The van der Waals surface area contributed by atoms with Crippen molar-refractivity contribution in [2.24, 2.45) is 0 Å². The molecular weight excluding hydrogens is 308 g/mol. The highest BCUT2D eigenvalue weighted by molar-refractivity contribution is 5.77. The largest absolute Gasteiger partial charge is 0.387 e. The van der Waals surface area contributed by atoms with Crippen LogP contribution in [0.1, 0.15) is 29.8 Å². The minimum absolute atomic E-state index is 0.118. The van der Waals surface area contributed by atoms with Crippen LogP contribution in [0.3, 0.4) is 0 Å². The lowest BCUT2D eigenvalue weighted by molar-refractivity contribution is -0.131. The van der Waals surface area contributed by atoms with Crippen LogP contribution in [-0.4, -0.2) is 82.5 Å². The van der Waals surface area contributed by atoms with Gasteiger partial charge in [0, 0.05) is 38.3 Å². The molecule has 0 bridgehead atoms. The van der Waals surface area contributed by atoms with Gasteiger partial charge in [0.05, 0.1) is 31.1 Å². The van der Waals surface area contributed by atoms with Crippen LogP contribution < -0.4 is 0 Å². The van der Waals surface area contributed by atoms with Crippen LogP contribution in [0.15, 0.2) is 0 Å². The molecule has 0 aromatic carbocycles. The van der Waals surface area contributed by atoms with Crippen LogP contribution in [0.5, 0.6) is 0 Å². The fourth-order valence-corrected chi connectivity index (χ4v) is 3.71. The Balaban J connectivity index is 1.50. The number of aromatic nitrogens is 2. The number of amides is 1. The number of nitrogens with zero attached hydrogens (tertiary/aromatic N) is 3. The lowest BCUT2D eigenvalue weighted by Crippen LogP contribution is -2.49. The summed E-state index contributed by atoms with van der Waals surface area (Å²) in [6, 6.07) is 0. The number of ether oxygens (including phenoxy) is 1. The third-order valence-electron chi connectivity index (χ3n) is 5.18. The maximum Gasteiger partial charge on any atom is 0.223 e. The third-order valence-corrected chi connectivity index (χ3v) is 5.18. The van der Waals surface area contributed by atoms with Crippen molar-refractivity contribution in [3.8, 4) is 0 Å². The minimum atomic E-state index is -0.783. The lowest BCUT2D eigenvalue weighted by atomic mass is 10.0. The maximum absolute atomic E-state index is 12.5. The molecule has 3 heterocycles. The van der Waals surface area contributed by atoms with E-state index in [1.165, 1.54) is 0 Å². The number of nitrogens with one attached hydrogen (secondary N) is 1. The monoisotopic (exact) mass is 336 g/mol. The Morgan fingerprint density at radius 3 is 2.75 bits per heavy atom. The molecule has 1 aromatic rings. The van der Waals surface area contributed by atoms with Gasteiger partial charge in [-0.15, -0.1) is 0 Å².